The summed E-state index contributed by atoms with van der Waals surface area (Å²) in [5, 5.41) is 8.79. The third-order valence-electron chi connectivity index (χ3n) is 7.20. The number of piperidine rings is 1. The normalized spacial score (nSPS) is 18.5. The summed E-state index contributed by atoms with van der Waals surface area (Å²) in [6.45, 7) is 5.25. The summed E-state index contributed by atoms with van der Waals surface area (Å²) in [5.41, 5.74) is 5.33. The van der Waals surface area contributed by atoms with E-state index in [-0.39, 0.29) is 5.78 Å². The number of nitrogens with one attached hydrogen (secondary N) is 1. The van der Waals surface area contributed by atoms with E-state index in [1.165, 1.54) is 6.42 Å². The second kappa shape index (κ2) is 7.77. The average molecular weight is 468 g/mol. The summed E-state index contributed by atoms with van der Waals surface area (Å²) < 4.78 is 17.4. The van der Waals surface area contributed by atoms with Crippen molar-refractivity contribution in [3.63, 3.8) is 0 Å². The SMILES string of the molecule is C[C@H]1CCCN(c2cc(Nc3ccc4c(c3)OCCO4)c3c4c(onc24)-c2ccccc2C3=O)C1. The van der Waals surface area contributed by atoms with Gasteiger partial charge in [-0.3, -0.25) is 4.79 Å². The average Bonchev–Trinajstić information content (AvgIpc) is 3.33. The van der Waals surface area contributed by atoms with E-state index in [9.17, 15) is 4.79 Å². The summed E-state index contributed by atoms with van der Waals surface area (Å²) in [5.74, 6) is 2.65. The Morgan fingerprint density at radius 3 is 2.71 bits per heavy atom. The predicted octanol–water partition coefficient (Wildman–Crippen LogP) is 5.79. The summed E-state index contributed by atoms with van der Waals surface area (Å²) in [4.78, 5) is 16.2. The van der Waals surface area contributed by atoms with Crippen LogP contribution >= 0.6 is 0 Å². The van der Waals surface area contributed by atoms with E-state index in [0.717, 1.165) is 58.8 Å². The van der Waals surface area contributed by atoms with Gasteiger partial charge in [0.25, 0.3) is 0 Å². The molecule has 35 heavy (non-hydrogen) atoms. The highest BCUT2D eigenvalue weighted by atomic mass is 16.6. The van der Waals surface area contributed by atoms with Crippen molar-refractivity contribution in [2.75, 3.05) is 36.5 Å². The molecule has 176 valence electrons. The predicted molar refractivity (Wildman–Crippen MR) is 134 cm³/mol. The minimum absolute atomic E-state index is 0.0279. The lowest BCUT2D eigenvalue weighted by molar-refractivity contribution is 0.104. The Kier molecular flexibility index (Phi) is 4.52. The molecule has 0 amide bonds. The van der Waals surface area contributed by atoms with Crippen LogP contribution in [0.3, 0.4) is 0 Å². The number of hydrogen-bond acceptors (Lipinski definition) is 7. The molecule has 1 N–H and O–H groups in total. The first-order chi connectivity index (χ1) is 17.2. The van der Waals surface area contributed by atoms with Crippen molar-refractivity contribution in [2.45, 2.75) is 19.8 Å². The number of rotatable bonds is 3. The molecule has 3 aliphatic rings. The summed E-state index contributed by atoms with van der Waals surface area (Å²) in [6.07, 6.45) is 2.35. The number of ketones is 1. The van der Waals surface area contributed by atoms with Gasteiger partial charge in [0.2, 0.25) is 0 Å². The maximum atomic E-state index is 13.8. The van der Waals surface area contributed by atoms with Gasteiger partial charge in [0, 0.05) is 36.0 Å². The van der Waals surface area contributed by atoms with Gasteiger partial charge >= 0.3 is 0 Å². The van der Waals surface area contributed by atoms with Crippen molar-refractivity contribution >= 4 is 33.7 Å². The van der Waals surface area contributed by atoms with Crippen LogP contribution in [0.25, 0.3) is 22.2 Å². The standard InChI is InChI=1S/C28H25N3O4/c1-16-5-4-10-31(15-16)21-14-20(29-17-8-9-22-23(13-17)34-12-11-33-22)24-25-26(21)30-35-28(25)19-7-3-2-6-18(19)27(24)32/h2-3,6-9,13-14,16,29H,4-5,10-12,15H2,1H3/t16-/m0/s1. The molecule has 1 atom stereocenters. The molecule has 0 unspecified atom stereocenters. The molecule has 7 heteroatoms. The molecule has 2 aliphatic heterocycles. The van der Waals surface area contributed by atoms with E-state index in [4.69, 9.17) is 14.0 Å². The molecule has 7 rings (SSSR count). The maximum Gasteiger partial charge on any atom is 0.196 e. The molecule has 3 heterocycles. The molecule has 3 aromatic carbocycles. The first-order valence-electron chi connectivity index (χ1n) is 12.2. The third kappa shape index (κ3) is 3.18. The van der Waals surface area contributed by atoms with Gasteiger partial charge < -0.3 is 24.2 Å². The molecular weight excluding hydrogens is 442 g/mol. The second-order valence-electron chi connectivity index (χ2n) is 9.61. The second-order valence-corrected chi connectivity index (χ2v) is 9.61. The molecule has 0 saturated carbocycles. The Labute approximate surface area is 202 Å². The minimum Gasteiger partial charge on any atom is -0.486 e. The molecule has 7 nitrogen and oxygen atoms in total. The van der Waals surface area contributed by atoms with Crippen molar-refractivity contribution in [2.24, 2.45) is 5.92 Å². The number of aromatic nitrogens is 1. The van der Waals surface area contributed by atoms with Crippen molar-refractivity contribution in [1.29, 1.82) is 0 Å². The van der Waals surface area contributed by atoms with Crippen LogP contribution in [0.5, 0.6) is 11.5 Å². The van der Waals surface area contributed by atoms with Crippen LogP contribution in [-0.2, 0) is 0 Å². The fourth-order valence-corrected chi connectivity index (χ4v) is 5.57. The molecule has 4 aromatic rings. The number of ether oxygens (including phenoxy) is 2. The lowest BCUT2D eigenvalue weighted by Gasteiger charge is -2.33. The van der Waals surface area contributed by atoms with Gasteiger partial charge in [0.1, 0.15) is 18.7 Å². The Morgan fingerprint density at radius 2 is 1.86 bits per heavy atom. The fourth-order valence-electron chi connectivity index (χ4n) is 5.57. The van der Waals surface area contributed by atoms with E-state index >= 15 is 0 Å². The van der Waals surface area contributed by atoms with Gasteiger partial charge in [0.05, 0.1) is 22.3 Å². The minimum atomic E-state index is -0.0279. The number of hydrogen-bond donors (Lipinski definition) is 1. The van der Waals surface area contributed by atoms with Gasteiger partial charge in [-0.15, -0.1) is 0 Å². The van der Waals surface area contributed by atoms with Crippen LogP contribution < -0.4 is 19.7 Å². The molecule has 0 bridgehead atoms. The number of benzene rings is 3. The Hall–Kier alpha value is -4.00. The van der Waals surface area contributed by atoms with Gasteiger partial charge in [-0.05, 0) is 37.0 Å². The number of fused-ring (bicyclic) bond motifs is 3. The van der Waals surface area contributed by atoms with Crippen LogP contribution in [0, 0.1) is 5.92 Å². The zero-order valence-corrected chi connectivity index (χ0v) is 19.5. The summed E-state index contributed by atoms with van der Waals surface area (Å²) in [7, 11) is 0. The van der Waals surface area contributed by atoms with Gasteiger partial charge in [-0.25, -0.2) is 0 Å². The Bertz CT molecular complexity index is 1490. The number of carbonyl (C=O) groups excluding carboxylic acids is 1. The first kappa shape index (κ1) is 20.4. The van der Waals surface area contributed by atoms with E-state index in [1.54, 1.807) is 0 Å². The molecule has 1 aliphatic carbocycles. The number of anilines is 3. The van der Waals surface area contributed by atoms with E-state index < -0.39 is 0 Å². The zero-order valence-electron chi connectivity index (χ0n) is 19.5. The smallest absolute Gasteiger partial charge is 0.196 e. The molecule has 1 saturated heterocycles. The molecule has 0 spiro atoms. The largest absolute Gasteiger partial charge is 0.486 e. The van der Waals surface area contributed by atoms with Crippen LogP contribution in [0.2, 0.25) is 0 Å². The monoisotopic (exact) mass is 467 g/mol. The molecule has 1 aromatic heterocycles. The van der Waals surface area contributed by atoms with Gasteiger partial charge in [-0.2, -0.15) is 0 Å². The molecular formula is C28H25N3O4. The number of nitrogens with zero attached hydrogens (tertiary/aromatic N) is 2. The van der Waals surface area contributed by atoms with Crippen LogP contribution in [0.1, 0.15) is 35.7 Å². The van der Waals surface area contributed by atoms with Gasteiger partial charge in [-0.1, -0.05) is 36.3 Å². The van der Waals surface area contributed by atoms with Crippen LogP contribution in [-0.4, -0.2) is 37.2 Å². The van der Waals surface area contributed by atoms with E-state index in [1.807, 2.05) is 42.5 Å². The quantitative estimate of drug-likeness (QED) is 0.360. The fraction of sp³-hybridized carbons (Fsp3) is 0.286. The van der Waals surface area contributed by atoms with Crippen molar-refractivity contribution < 1.29 is 18.8 Å². The number of carbonyl (C=O) groups is 1. The van der Waals surface area contributed by atoms with Crippen LogP contribution in [0.4, 0.5) is 17.1 Å². The summed E-state index contributed by atoms with van der Waals surface area (Å²) in [6, 6.07) is 15.4. The van der Waals surface area contributed by atoms with Gasteiger partial charge in [0.15, 0.2) is 23.0 Å². The van der Waals surface area contributed by atoms with Crippen molar-refractivity contribution in [1.82, 2.24) is 5.16 Å². The maximum absolute atomic E-state index is 13.8. The first-order valence-corrected chi connectivity index (χ1v) is 12.2. The highest BCUT2D eigenvalue weighted by Crippen LogP contribution is 2.47. The lowest BCUT2D eigenvalue weighted by atomic mass is 9.86. The Morgan fingerprint density at radius 1 is 1.03 bits per heavy atom. The zero-order chi connectivity index (χ0) is 23.5. The lowest BCUT2D eigenvalue weighted by Crippen LogP contribution is -2.34. The third-order valence-corrected chi connectivity index (χ3v) is 7.20. The Balaban J connectivity index is 1.43. The van der Waals surface area contributed by atoms with E-state index in [0.29, 0.717) is 41.8 Å². The highest BCUT2D eigenvalue weighted by molar-refractivity contribution is 6.28. The highest BCUT2D eigenvalue weighted by Gasteiger charge is 2.34. The van der Waals surface area contributed by atoms with Crippen LogP contribution in [0.15, 0.2) is 53.1 Å². The molecule has 1 fully saturated rings. The van der Waals surface area contributed by atoms with E-state index in [2.05, 4.69) is 28.4 Å². The van der Waals surface area contributed by atoms with Crippen molar-refractivity contribution in [3.05, 3.63) is 59.7 Å². The summed E-state index contributed by atoms with van der Waals surface area (Å²) >= 11 is 0. The topological polar surface area (TPSA) is 76.8 Å². The molecule has 0 radical (unpaired) electrons. The van der Waals surface area contributed by atoms with Crippen molar-refractivity contribution in [3.8, 4) is 22.8 Å².